The number of carbonyl (C=O) groups is 1. The van der Waals surface area contributed by atoms with Gasteiger partial charge in [0.15, 0.2) is 0 Å². The van der Waals surface area contributed by atoms with Crippen LogP contribution in [0.3, 0.4) is 0 Å². The number of ether oxygens (including phenoxy) is 1. The average molecular weight is 241 g/mol. The first-order valence-electron chi connectivity index (χ1n) is 5.05. The lowest BCUT2D eigenvalue weighted by Gasteiger charge is -2.19. The highest BCUT2D eigenvalue weighted by Gasteiger charge is 2.31. The molecule has 0 radical (unpaired) electrons. The smallest absolute Gasteiger partial charge is 0.392 e. The van der Waals surface area contributed by atoms with Gasteiger partial charge in [-0.3, -0.25) is 4.79 Å². The summed E-state index contributed by atoms with van der Waals surface area (Å²) in [5, 5.41) is 14.4. The monoisotopic (exact) mass is 241 g/mol. The summed E-state index contributed by atoms with van der Waals surface area (Å²) in [6.45, 7) is 5.23. The van der Waals surface area contributed by atoms with Gasteiger partial charge in [-0.1, -0.05) is 0 Å². The Morgan fingerprint density at radius 3 is 2.65 bits per heavy atom. The first-order chi connectivity index (χ1) is 7.77. The average Bonchev–Trinajstić information content (AvgIpc) is 2.57. The van der Waals surface area contributed by atoms with Crippen LogP contribution in [0.1, 0.15) is 19.4 Å². The van der Waals surface area contributed by atoms with Crippen molar-refractivity contribution in [2.45, 2.75) is 27.3 Å². The molecule has 1 rings (SSSR count). The number of methoxy groups -OCH3 is 1. The normalized spacial score (nSPS) is 11.3. The van der Waals surface area contributed by atoms with Gasteiger partial charge >= 0.3 is 11.8 Å². The molecular weight excluding hydrogens is 226 g/mol. The van der Waals surface area contributed by atoms with Gasteiger partial charge in [-0.2, -0.15) is 4.68 Å². The summed E-state index contributed by atoms with van der Waals surface area (Å²) >= 11 is 0. The third kappa shape index (κ3) is 2.80. The van der Waals surface area contributed by atoms with Crippen molar-refractivity contribution in [3.8, 4) is 0 Å². The Hall–Kier alpha value is -1.92. The maximum absolute atomic E-state index is 11.5. The first-order valence-corrected chi connectivity index (χ1v) is 5.05. The van der Waals surface area contributed by atoms with Gasteiger partial charge in [0, 0.05) is 0 Å². The zero-order valence-corrected chi connectivity index (χ0v) is 10.3. The molecule has 0 unspecified atom stereocenters. The van der Waals surface area contributed by atoms with Gasteiger partial charge in [0.1, 0.15) is 0 Å². The number of rotatable bonds is 4. The lowest BCUT2D eigenvalue weighted by Crippen LogP contribution is -2.30. The Kier molecular flexibility index (Phi) is 3.50. The number of aryl methyl sites for hydroxylation is 1. The van der Waals surface area contributed by atoms with Crippen molar-refractivity contribution in [3.63, 3.8) is 0 Å². The summed E-state index contributed by atoms with van der Waals surface area (Å²) in [7, 11) is 1.31. The van der Waals surface area contributed by atoms with Crippen molar-refractivity contribution in [1.29, 1.82) is 0 Å². The van der Waals surface area contributed by atoms with Crippen molar-refractivity contribution in [2.24, 2.45) is 5.41 Å². The Balaban J connectivity index is 2.93. The summed E-state index contributed by atoms with van der Waals surface area (Å²) in [5.74, 6) is -0.570. The van der Waals surface area contributed by atoms with Crippen LogP contribution in [-0.2, 0) is 16.1 Å². The lowest BCUT2D eigenvalue weighted by atomic mass is 9.94. The summed E-state index contributed by atoms with van der Waals surface area (Å²) in [5.41, 5.74) is -0.308. The Bertz CT molecular complexity index is 450. The summed E-state index contributed by atoms with van der Waals surface area (Å²) in [6.07, 6.45) is 1.54. The van der Waals surface area contributed by atoms with Crippen LogP contribution < -0.4 is 0 Å². The van der Waals surface area contributed by atoms with Crippen molar-refractivity contribution in [1.82, 2.24) is 9.78 Å². The van der Waals surface area contributed by atoms with Crippen LogP contribution in [0.15, 0.2) is 6.20 Å². The molecule has 0 saturated heterocycles. The van der Waals surface area contributed by atoms with Gasteiger partial charge in [0.25, 0.3) is 0 Å². The van der Waals surface area contributed by atoms with Crippen LogP contribution in [0.4, 0.5) is 5.82 Å². The van der Waals surface area contributed by atoms with E-state index < -0.39 is 10.3 Å². The molecular formula is C10H15N3O4. The number of nitro groups is 1. The number of hydrogen-bond acceptors (Lipinski definition) is 5. The van der Waals surface area contributed by atoms with E-state index in [9.17, 15) is 14.9 Å². The molecule has 7 heteroatoms. The van der Waals surface area contributed by atoms with E-state index in [4.69, 9.17) is 0 Å². The van der Waals surface area contributed by atoms with Crippen LogP contribution in [0.2, 0.25) is 0 Å². The molecule has 1 aromatic rings. The van der Waals surface area contributed by atoms with Crippen molar-refractivity contribution >= 4 is 11.8 Å². The minimum atomic E-state index is -0.777. The maximum Gasteiger partial charge on any atom is 0.392 e. The van der Waals surface area contributed by atoms with Gasteiger partial charge in [0.2, 0.25) is 0 Å². The molecule has 0 aliphatic rings. The molecule has 0 saturated carbocycles. The molecule has 0 aliphatic carbocycles. The van der Waals surface area contributed by atoms with Gasteiger partial charge in [0.05, 0.1) is 35.9 Å². The van der Waals surface area contributed by atoms with Crippen LogP contribution in [0.25, 0.3) is 0 Å². The molecule has 7 nitrogen and oxygen atoms in total. The molecule has 0 bridgehead atoms. The second kappa shape index (κ2) is 4.52. The van der Waals surface area contributed by atoms with E-state index >= 15 is 0 Å². The lowest BCUT2D eigenvalue weighted by molar-refractivity contribution is -0.390. The Morgan fingerprint density at radius 1 is 1.65 bits per heavy atom. The fourth-order valence-electron chi connectivity index (χ4n) is 1.52. The third-order valence-corrected chi connectivity index (χ3v) is 2.39. The van der Waals surface area contributed by atoms with Crippen LogP contribution in [0.5, 0.6) is 0 Å². The fourth-order valence-corrected chi connectivity index (χ4v) is 1.52. The van der Waals surface area contributed by atoms with Crippen molar-refractivity contribution in [3.05, 3.63) is 21.9 Å². The summed E-state index contributed by atoms with van der Waals surface area (Å²) in [6, 6.07) is 0. The van der Waals surface area contributed by atoms with E-state index in [0.29, 0.717) is 5.56 Å². The number of nitrogens with zero attached hydrogens (tertiary/aromatic N) is 3. The molecule has 1 heterocycles. The molecule has 0 N–H and O–H groups in total. The molecule has 0 amide bonds. The minimum Gasteiger partial charge on any atom is -0.469 e. The Morgan fingerprint density at radius 2 is 2.24 bits per heavy atom. The van der Waals surface area contributed by atoms with Crippen molar-refractivity contribution < 1.29 is 14.5 Å². The van der Waals surface area contributed by atoms with E-state index in [0.717, 1.165) is 0 Å². The largest absolute Gasteiger partial charge is 0.469 e. The molecule has 0 spiro atoms. The molecule has 0 atom stereocenters. The molecule has 0 fully saturated rings. The zero-order valence-electron chi connectivity index (χ0n) is 10.3. The third-order valence-electron chi connectivity index (χ3n) is 2.39. The number of esters is 1. The van der Waals surface area contributed by atoms with Crippen LogP contribution in [-0.4, -0.2) is 27.8 Å². The molecule has 0 aliphatic heterocycles. The van der Waals surface area contributed by atoms with E-state index in [1.54, 1.807) is 27.0 Å². The molecule has 0 aromatic carbocycles. The minimum absolute atomic E-state index is 0.189. The molecule has 94 valence electrons. The van der Waals surface area contributed by atoms with E-state index in [2.05, 4.69) is 9.84 Å². The van der Waals surface area contributed by atoms with Gasteiger partial charge in [-0.05, 0) is 25.7 Å². The highest BCUT2D eigenvalue weighted by atomic mass is 16.6. The van der Waals surface area contributed by atoms with Gasteiger partial charge < -0.3 is 14.9 Å². The summed E-state index contributed by atoms with van der Waals surface area (Å²) < 4.78 is 6.05. The van der Waals surface area contributed by atoms with E-state index in [1.165, 1.54) is 11.8 Å². The van der Waals surface area contributed by atoms with Crippen molar-refractivity contribution in [2.75, 3.05) is 7.11 Å². The quantitative estimate of drug-likeness (QED) is 0.450. The van der Waals surface area contributed by atoms with Crippen LogP contribution >= 0.6 is 0 Å². The van der Waals surface area contributed by atoms with E-state index in [1.807, 2.05) is 0 Å². The highest BCUT2D eigenvalue weighted by Crippen LogP contribution is 2.22. The predicted octanol–water partition coefficient (Wildman–Crippen LogP) is 1.30. The van der Waals surface area contributed by atoms with Gasteiger partial charge in [-0.25, -0.2) is 0 Å². The summed E-state index contributed by atoms with van der Waals surface area (Å²) in [4.78, 5) is 21.6. The molecule has 1 aromatic heterocycles. The zero-order chi connectivity index (χ0) is 13.2. The standard InChI is InChI=1S/C10H15N3O4/c1-7-5-12(11-8(7)13(15)16)6-10(2,3)9(14)17-4/h5H,6H2,1-4H3. The molecule has 17 heavy (non-hydrogen) atoms. The number of carbonyl (C=O) groups excluding carboxylic acids is 1. The van der Waals surface area contributed by atoms with Crippen LogP contribution in [0, 0.1) is 22.5 Å². The fraction of sp³-hybridized carbons (Fsp3) is 0.600. The van der Waals surface area contributed by atoms with E-state index in [-0.39, 0.29) is 18.3 Å². The number of aromatic nitrogens is 2. The Labute approximate surface area is 98.5 Å². The predicted molar refractivity (Wildman–Crippen MR) is 59.4 cm³/mol. The number of hydrogen-bond donors (Lipinski definition) is 0. The first kappa shape index (κ1) is 13.1. The maximum atomic E-state index is 11.5. The topological polar surface area (TPSA) is 87.3 Å². The SMILES string of the molecule is COC(=O)C(C)(C)Cn1cc(C)c([N+](=O)[O-])n1. The highest BCUT2D eigenvalue weighted by molar-refractivity contribution is 5.75. The second-order valence-electron chi connectivity index (χ2n) is 4.47. The van der Waals surface area contributed by atoms with Gasteiger partial charge in [-0.15, -0.1) is 0 Å². The second-order valence-corrected chi connectivity index (χ2v) is 4.47.